The van der Waals surface area contributed by atoms with E-state index in [0.717, 1.165) is 25.7 Å². The minimum absolute atomic E-state index is 0.0613. The molecule has 0 aromatic carbocycles. The largest absolute Gasteiger partial charge is 0.393 e. The number of hydrogen-bond acceptors (Lipinski definition) is 2. The molecule has 0 radical (unpaired) electrons. The van der Waals surface area contributed by atoms with Gasteiger partial charge >= 0.3 is 0 Å². The smallest absolute Gasteiger partial charge is 0.226 e. The summed E-state index contributed by atoms with van der Waals surface area (Å²) in [5, 5.41) is 12.3. The van der Waals surface area contributed by atoms with Gasteiger partial charge < -0.3 is 10.4 Å². The molecule has 1 amide bonds. The molecule has 0 aromatic rings. The molecule has 0 bridgehead atoms. The van der Waals surface area contributed by atoms with Crippen LogP contribution in [0.5, 0.6) is 0 Å². The second-order valence-corrected chi connectivity index (χ2v) is 5.58. The standard InChI is InChI=1S/C13H25NO2/c1-10(9-11(2)15)14-12(16)13(3)7-5-4-6-8-13/h10-11,15H,4-9H2,1-3H3,(H,14,16). The fourth-order valence-corrected chi connectivity index (χ4v) is 2.53. The molecule has 0 aliphatic heterocycles. The van der Waals surface area contributed by atoms with Crippen molar-refractivity contribution in [3.8, 4) is 0 Å². The first kappa shape index (κ1) is 13.5. The lowest BCUT2D eigenvalue weighted by molar-refractivity contribution is -0.132. The molecule has 0 heterocycles. The summed E-state index contributed by atoms with van der Waals surface area (Å²) < 4.78 is 0. The van der Waals surface area contributed by atoms with Crippen molar-refractivity contribution < 1.29 is 9.90 Å². The van der Waals surface area contributed by atoms with Crippen LogP contribution in [-0.2, 0) is 4.79 Å². The number of amides is 1. The lowest BCUT2D eigenvalue weighted by Gasteiger charge is -2.33. The summed E-state index contributed by atoms with van der Waals surface area (Å²) in [4.78, 5) is 12.1. The SMILES string of the molecule is CC(O)CC(C)NC(=O)C1(C)CCCCC1. The average Bonchev–Trinajstić information content (AvgIpc) is 2.17. The van der Waals surface area contributed by atoms with Gasteiger partial charge in [0.1, 0.15) is 0 Å². The first-order chi connectivity index (χ1) is 7.44. The molecule has 1 aliphatic rings. The van der Waals surface area contributed by atoms with Gasteiger partial charge in [0.25, 0.3) is 0 Å². The monoisotopic (exact) mass is 227 g/mol. The van der Waals surface area contributed by atoms with Crippen molar-refractivity contribution in [2.45, 2.75) is 71.4 Å². The lowest BCUT2D eigenvalue weighted by atomic mass is 9.75. The zero-order valence-corrected chi connectivity index (χ0v) is 10.8. The summed E-state index contributed by atoms with van der Waals surface area (Å²) in [7, 11) is 0. The van der Waals surface area contributed by atoms with E-state index in [9.17, 15) is 9.90 Å². The van der Waals surface area contributed by atoms with Crippen LogP contribution in [0.4, 0.5) is 0 Å². The van der Waals surface area contributed by atoms with Gasteiger partial charge in [-0.2, -0.15) is 0 Å². The summed E-state index contributed by atoms with van der Waals surface area (Å²) in [5.74, 6) is 0.167. The summed E-state index contributed by atoms with van der Waals surface area (Å²) in [6.07, 6.45) is 5.85. The second-order valence-electron chi connectivity index (χ2n) is 5.58. The molecule has 3 nitrogen and oxygen atoms in total. The molecule has 0 aromatic heterocycles. The van der Waals surface area contributed by atoms with Crippen LogP contribution in [-0.4, -0.2) is 23.2 Å². The van der Waals surface area contributed by atoms with Crippen molar-refractivity contribution >= 4 is 5.91 Å². The molecule has 1 rings (SSSR count). The minimum Gasteiger partial charge on any atom is -0.393 e. The maximum absolute atomic E-state index is 12.1. The number of nitrogens with one attached hydrogen (secondary N) is 1. The highest BCUT2D eigenvalue weighted by Crippen LogP contribution is 2.35. The van der Waals surface area contributed by atoms with Crippen LogP contribution in [0.3, 0.4) is 0 Å². The Bertz CT molecular complexity index is 232. The maximum Gasteiger partial charge on any atom is 0.226 e. The molecule has 3 heteroatoms. The maximum atomic E-state index is 12.1. The quantitative estimate of drug-likeness (QED) is 0.773. The zero-order chi connectivity index (χ0) is 12.2. The van der Waals surface area contributed by atoms with E-state index in [1.807, 2.05) is 6.92 Å². The Morgan fingerprint density at radius 2 is 1.88 bits per heavy atom. The van der Waals surface area contributed by atoms with Gasteiger partial charge in [-0.3, -0.25) is 4.79 Å². The van der Waals surface area contributed by atoms with Crippen LogP contribution in [0, 0.1) is 5.41 Å². The van der Waals surface area contributed by atoms with Gasteiger partial charge in [0.15, 0.2) is 0 Å². The number of carbonyl (C=O) groups is 1. The third-order valence-electron chi connectivity index (χ3n) is 3.58. The summed E-state index contributed by atoms with van der Waals surface area (Å²) in [6, 6.07) is 0.0613. The highest BCUT2D eigenvalue weighted by atomic mass is 16.3. The van der Waals surface area contributed by atoms with Crippen molar-refractivity contribution in [2.24, 2.45) is 5.41 Å². The fourth-order valence-electron chi connectivity index (χ4n) is 2.53. The van der Waals surface area contributed by atoms with Gasteiger partial charge in [0.05, 0.1) is 6.10 Å². The molecule has 0 saturated heterocycles. The Morgan fingerprint density at radius 1 is 1.31 bits per heavy atom. The van der Waals surface area contributed by atoms with Gasteiger partial charge in [-0.15, -0.1) is 0 Å². The third-order valence-corrected chi connectivity index (χ3v) is 3.58. The molecular weight excluding hydrogens is 202 g/mol. The summed E-state index contributed by atoms with van der Waals surface area (Å²) >= 11 is 0. The van der Waals surface area contributed by atoms with Crippen LogP contribution >= 0.6 is 0 Å². The van der Waals surface area contributed by atoms with E-state index in [4.69, 9.17) is 0 Å². The van der Waals surface area contributed by atoms with Crippen molar-refractivity contribution in [3.63, 3.8) is 0 Å². The lowest BCUT2D eigenvalue weighted by Crippen LogP contribution is -2.44. The number of aliphatic hydroxyl groups excluding tert-OH is 1. The normalized spacial score (nSPS) is 23.5. The first-order valence-electron chi connectivity index (χ1n) is 6.43. The van der Waals surface area contributed by atoms with E-state index in [2.05, 4.69) is 12.2 Å². The molecule has 0 spiro atoms. The van der Waals surface area contributed by atoms with Crippen molar-refractivity contribution in [2.75, 3.05) is 0 Å². The van der Waals surface area contributed by atoms with E-state index < -0.39 is 0 Å². The molecule has 16 heavy (non-hydrogen) atoms. The van der Waals surface area contributed by atoms with Crippen LogP contribution < -0.4 is 5.32 Å². The number of aliphatic hydroxyl groups is 1. The molecule has 1 aliphatic carbocycles. The Balaban J connectivity index is 2.44. The Morgan fingerprint density at radius 3 is 2.38 bits per heavy atom. The highest BCUT2D eigenvalue weighted by Gasteiger charge is 2.34. The minimum atomic E-state index is -0.352. The van der Waals surface area contributed by atoms with E-state index in [1.54, 1.807) is 6.92 Å². The Hall–Kier alpha value is -0.570. The van der Waals surface area contributed by atoms with Crippen molar-refractivity contribution in [1.29, 1.82) is 0 Å². The van der Waals surface area contributed by atoms with E-state index >= 15 is 0 Å². The third kappa shape index (κ3) is 3.78. The number of hydrogen-bond donors (Lipinski definition) is 2. The van der Waals surface area contributed by atoms with Gasteiger partial charge in [0, 0.05) is 11.5 Å². The molecule has 2 unspecified atom stereocenters. The van der Waals surface area contributed by atoms with Crippen LogP contribution in [0.15, 0.2) is 0 Å². The molecule has 94 valence electrons. The predicted molar refractivity (Wildman–Crippen MR) is 65.1 cm³/mol. The fraction of sp³-hybridized carbons (Fsp3) is 0.923. The molecule has 2 atom stereocenters. The highest BCUT2D eigenvalue weighted by molar-refractivity contribution is 5.82. The predicted octanol–water partition coefficient (Wildman–Crippen LogP) is 2.23. The molecule has 1 saturated carbocycles. The summed E-state index contributed by atoms with van der Waals surface area (Å²) in [6.45, 7) is 5.78. The van der Waals surface area contributed by atoms with Crippen molar-refractivity contribution in [1.82, 2.24) is 5.32 Å². The number of rotatable bonds is 4. The van der Waals surface area contributed by atoms with E-state index in [-0.39, 0.29) is 23.5 Å². The van der Waals surface area contributed by atoms with Gasteiger partial charge in [-0.1, -0.05) is 26.2 Å². The molecule has 1 fully saturated rings. The Kier molecular flexibility index (Phi) is 4.78. The molecule has 2 N–H and O–H groups in total. The van der Waals surface area contributed by atoms with E-state index in [1.165, 1.54) is 6.42 Å². The number of carbonyl (C=O) groups excluding carboxylic acids is 1. The van der Waals surface area contributed by atoms with Crippen molar-refractivity contribution in [3.05, 3.63) is 0 Å². The average molecular weight is 227 g/mol. The van der Waals surface area contributed by atoms with E-state index in [0.29, 0.717) is 6.42 Å². The Labute approximate surface area is 98.6 Å². The van der Waals surface area contributed by atoms with Gasteiger partial charge in [-0.05, 0) is 33.1 Å². The van der Waals surface area contributed by atoms with Crippen LogP contribution in [0.2, 0.25) is 0 Å². The summed E-state index contributed by atoms with van der Waals surface area (Å²) in [5.41, 5.74) is -0.175. The topological polar surface area (TPSA) is 49.3 Å². The van der Waals surface area contributed by atoms with Gasteiger partial charge in [0.2, 0.25) is 5.91 Å². The first-order valence-corrected chi connectivity index (χ1v) is 6.43. The van der Waals surface area contributed by atoms with Crippen LogP contribution in [0.25, 0.3) is 0 Å². The van der Waals surface area contributed by atoms with Gasteiger partial charge in [-0.25, -0.2) is 0 Å². The molecular formula is C13H25NO2. The zero-order valence-electron chi connectivity index (χ0n) is 10.8. The van der Waals surface area contributed by atoms with Crippen LogP contribution in [0.1, 0.15) is 59.3 Å². The second kappa shape index (κ2) is 5.67.